The van der Waals surface area contributed by atoms with Crippen molar-refractivity contribution in [3.05, 3.63) is 76.9 Å². The normalized spacial score (nSPS) is 12.5. The molecule has 0 fully saturated rings. The summed E-state index contributed by atoms with van der Waals surface area (Å²) in [4.78, 5) is 50.0. The smallest absolute Gasteiger partial charge is 0.338 e. The lowest BCUT2D eigenvalue weighted by Gasteiger charge is -2.12. The molecule has 7 nitrogen and oxygen atoms in total. The second-order valence-corrected chi connectivity index (χ2v) is 6.66. The van der Waals surface area contributed by atoms with E-state index in [1.165, 1.54) is 31.2 Å². The van der Waals surface area contributed by atoms with E-state index in [4.69, 9.17) is 9.47 Å². The zero-order valence-electron chi connectivity index (χ0n) is 16.8. The average molecular weight is 407 g/mol. The third-order valence-electron chi connectivity index (χ3n) is 4.64. The first-order chi connectivity index (χ1) is 14.4. The van der Waals surface area contributed by atoms with Crippen LogP contribution in [0.15, 0.2) is 49.1 Å². The van der Waals surface area contributed by atoms with Crippen molar-refractivity contribution in [1.29, 1.82) is 0 Å². The standard InChI is InChI=1S/C23H21NO6/c1-4-10-24-21(26)18-8-6-16(12-19(18)22(24)27)23(28)30-13-17-11-15(14(3)25)7-9-20(17)29-5-2/h4,6-9,11-12H,1,5,10,13H2,2-3H3. The molecule has 2 aromatic rings. The van der Waals surface area contributed by atoms with Gasteiger partial charge in [-0.25, -0.2) is 4.79 Å². The van der Waals surface area contributed by atoms with Crippen LogP contribution in [0.4, 0.5) is 0 Å². The van der Waals surface area contributed by atoms with Gasteiger partial charge in [0.1, 0.15) is 12.4 Å². The summed E-state index contributed by atoms with van der Waals surface area (Å²) in [5.41, 5.74) is 1.59. The number of nitrogens with zero attached hydrogens (tertiary/aromatic N) is 1. The maximum atomic E-state index is 12.5. The summed E-state index contributed by atoms with van der Waals surface area (Å²) in [5, 5.41) is 0. The molecule has 0 unspecified atom stereocenters. The van der Waals surface area contributed by atoms with Crippen LogP contribution in [0.1, 0.15) is 60.8 Å². The summed E-state index contributed by atoms with van der Waals surface area (Å²) >= 11 is 0. The van der Waals surface area contributed by atoms with E-state index in [0.29, 0.717) is 23.5 Å². The predicted octanol–water partition coefficient (Wildman–Crippen LogP) is 3.43. The summed E-state index contributed by atoms with van der Waals surface area (Å²) in [6, 6.07) is 9.18. The van der Waals surface area contributed by atoms with E-state index in [1.807, 2.05) is 6.92 Å². The van der Waals surface area contributed by atoms with E-state index in [-0.39, 0.29) is 35.6 Å². The van der Waals surface area contributed by atoms with Crippen LogP contribution >= 0.6 is 0 Å². The number of hydrogen-bond acceptors (Lipinski definition) is 6. The lowest BCUT2D eigenvalue weighted by molar-refractivity contribution is 0.0469. The fourth-order valence-corrected chi connectivity index (χ4v) is 3.15. The number of Topliss-reactive ketones (excluding diaryl/α,β-unsaturated/α-hetero) is 1. The minimum atomic E-state index is -0.657. The summed E-state index contributed by atoms with van der Waals surface area (Å²) in [5.74, 6) is -1.15. The van der Waals surface area contributed by atoms with Crippen LogP contribution in [0.25, 0.3) is 0 Å². The molecular weight excluding hydrogens is 386 g/mol. The largest absolute Gasteiger partial charge is 0.493 e. The predicted molar refractivity (Wildman–Crippen MR) is 109 cm³/mol. The molecule has 1 heterocycles. The topological polar surface area (TPSA) is 90.0 Å². The highest BCUT2D eigenvalue weighted by Gasteiger charge is 2.35. The molecule has 0 aromatic heterocycles. The van der Waals surface area contributed by atoms with Crippen LogP contribution in [0.2, 0.25) is 0 Å². The van der Waals surface area contributed by atoms with Gasteiger partial charge in [0.25, 0.3) is 11.8 Å². The van der Waals surface area contributed by atoms with Crippen molar-refractivity contribution in [3.63, 3.8) is 0 Å². The van der Waals surface area contributed by atoms with Gasteiger partial charge in [-0.3, -0.25) is 19.3 Å². The number of esters is 1. The third-order valence-corrected chi connectivity index (χ3v) is 4.64. The summed E-state index contributed by atoms with van der Waals surface area (Å²) in [6.07, 6.45) is 1.46. The van der Waals surface area contributed by atoms with Crippen molar-refractivity contribution in [2.24, 2.45) is 0 Å². The zero-order chi connectivity index (χ0) is 21.8. The summed E-state index contributed by atoms with van der Waals surface area (Å²) in [6.45, 7) is 7.22. The van der Waals surface area contributed by atoms with Gasteiger partial charge < -0.3 is 9.47 Å². The number of ether oxygens (including phenoxy) is 2. The molecule has 0 saturated heterocycles. The fourth-order valence-electron chi connectivity index (χ4n) is 3.15. The molecule has 0 saturated carbocycles. The van der Waals surface area contributed by atoms with Gasteiger partial charge in [-0.2, -0.15) is 0 Å². The lowest BCUT2D eigenvalue weighted by atomic mass is 10.1. The highest BCUT2D eigenvalue weighted by molar-refractivity contribution is 6.22. The van der Waals surface area contributed by atoms with E-state index in [1.54, 1.807) is 18.2 Å². The maximum Gasteiger partial charge on any atom is 0.338 e. The van der Waals surface area contributed by atoms with E-state index in [0.717, 1.165) is 4.90 Å². The van der Waals surface area contributed by atoms with Gasteiger partial charge >= 0.3 is 5.97 Å². The Morgan fingerprint density at radius 2 is 1.73 bits per heavy atom. The number of fused-ring (bicyclic) bond motifs is 1. The van der Waals surface area contributed by atoms with Crippen molar-refractivity contribution in [2.75, 3.05) is 13.2 Å². The van der Waals surface area contributed by atoms with Gasteiger partial charge in [0.15, 0.2) is 5.78 Å². The summed E-state index contributed by atoms with van der Waals surface area (Å²) < 4.78 is 10.9. The first-order valence-corrected chi connectivity index (χ1v) is 9.42. The van der Waals surface area contributed by atoms with E-state index >= 15 is 0 Å². The van der Waals surface area contributed by atoms with Crippen LogP contribution in [-0.2, 0) is 11.3 Å². The number of benzene rings is 2. The number of hydrogen-bond donors (Lipinski definition) is 0. The van der Waals surface area contributed by atoms with Crippen LogP contribution in [-0.4, -0.2) is 41.6 Å². The van der Waals surface area contributed by atoms with Crippen molar-refractivity contribution in [1.82, 2.24) is 4.90 Å². The van der Waals surface area contributed by atoms with Crippen LogP contribution < -0.4 is 4.74 Å². The highest BCUT2D eigenvalue weighted by atomic mass is 16.5. The Labute approximate surface area is 173 Å². The monoisotopic (exact) mass is 407 g/mol. The molecule has 0 radical (unpaired) electrons. The van der Waals surface area contributed by atoms with Crippen molar-refractivity contribution < 1.29 is 28.7 Å². The summed E-state index contributed by atoms with van der Waals surface area (Å²) in [7, 11) is 0. The zero-order valence-corrected chi connectivity index (χ0v) is 16.8. The minimum absolute atomic E-state index is 0.0961. The minimum Gasteiger partial charge on any atom is -0.493 e. The number of carbonyl (C=O) groups is 4. The fraction of sp³-hybridized carbons (Fsp3) is 0.217. The van der Waals surface area contributed by atoms with E-state index in [9.17, 15) is 19.2 Å². The van der Waals surface area contributed by atoms with Crippen molar-refractivity contribution in [2.45, 2.75) is 20.5 Å². The molecule has 0 atom stereocenters. The SMILES string of the molecule is C=CCN1C(=O)c2ccc(C(=O)OCc3cc(C(C)=O)ccc3OCC)cc2C1=O. The van der Waals surface area contributed by atoms with Crippen molar-refractivity contribution in [3.8, 4) is 5.75 Å². The number of carbonyl (C=O) groups excluding carboxylic acids is 4. The van der Waals surface area contributed by atoms with Crippen molar-refractivity contribution >= 4 is 23.6 Å². The second-order valence-electron chi connectivity index (χ2n) is 6.66. The molecule has 0 spiro atoms. The number of ketones is 1. The Kier molecular flexibility index (Phi) is 6.11. The Hall–Kier alpha value is -3.74. The molecule has 0 N–H and O–H groups in total. The molecule has 7 heteroatoms. The van der Waals surface area contributed by atoms with Gasteiger partial charge in [0.2, 0.25) is 0 Å². The number of amides is 2. The molecule has 30 heavy (non-hydrogen) atoms. The molecule has 2 aromatic carbocycles. The molecule has 0 aliphatic carbocycles. The highest BCUT2D eigenvalue weighted by Crippen LogP contribution is 2.25. The van der Waals surface area contributed by atoms with Gasteiger partial charge in [0.05, 0.1) is 23.3 Å². The average Bonchev–Trinajstić information content (AvgIpc) is 2.97. The Bertz CT molecular complexity index is 1060. The molecule has 3 rings (SSSR count). The molecule has 1 aliphatic heterocycles. The Morgan fingerprint density at radius 3 is 2.40 bits per heavy atom. The molecular formula is C23H21NO6. The quantitative estimate of drug-likeness (QED) is 0.288. The first-order valence-electron chi connectivity index (χ1n) is 9.42. The van der Waals surface area contributed by atoms with Gasteiger partial charge in [0, 0.05) is 17.7 Å². The van der Waals surface area contributed by atoms with E-state index in [2.05, 4.69) is 6.58 Å². The van der Waals surface area contributed by atoms with Crippen LogP contribution in [0, 0.1) is 0 Å². The van der Waals surface area contributed by atoms with Crippen LogP contribution in [0.3, 0.4) is 0 Å². The maximum absolute atomic E-state index is 12.5. The third kappa shape index (κ3) is 4.00. The molecule has 2 amide bonds. The van der Waals surface area contributed by atoms with Gasteiger partial charge in [-0.1, -0.05) is 6.08 Å². The number of rotatable bonds is 8. The number of imide groups is 1. The molecule has 0 bridgehead atoms. The van der Waals surface area contributed by atoms with Gasteiger partial charge in [-0.05, 0) is 50.2 Å². The Balaban J connectivity index is 1.79. The Morgan fingerprint density at radius 1 is 1.03 bits per heavy atom. The molecule has 1 aliphatic rings. The second kappa shape index (κ2) is 8.73. The van der Waals surface area contributed by atoms with E-state index < -0.39 is 17.8 Å². The van der Waals surface area contributed by atoms with Crippen LogP contribution in [0.5, 0.6) is 5.75 Å². The molecule has 154 valence electrons. The van der Waals surface area contributed by atoms with Gasteiger partial charge in [-0.15, -0.1) is 6.58 Å². The first kappa shape index (κ1) is 21.0. The lowest BCUT2D eigenvalue weighted by Crippen LogP contribution is -2.29.